The lowest BCUT2D eigenvalue weighted by Gasteiger charge is -1.74. The van der Waals surface area contributed by atoms with Crippen LogP contribution in [0.3, 0.4) is 0 Å². The zero-order chi connectivity index (χ0) is 4.41. The first-order valence-corrected chi connectivity index (χ1v) is 1.66. The molecule has 0 spiro atoms. The quantitative estimate of drug-likeness (QED) is 0.393. The van der Waals surface area contributed by atoms with Crippen molar-refractivity contribution in [2.75, 3.05) is 0 Å². The molecule has 0 aliphatic carbocycles. The Morgan fingerprint density at radius 1 is 1.67 bits per heavy atom. The van der Waals surface area contributed by atoms with Crippen LogP contribution in [-0.4, -0.2) is 12.2 Å². The third-order valence-corrected chi connectivity index (χ3v) is 0.499. The van der Waals surface area contributed by atoms with Crippen LogP contribution in [0, 0.1) is 0 Å². The second kappa shape index (κ2) is 1.08. The molecule has 1 radical (unpaired) electrons. The Labute approximate surface area is 35.8 Å². The summed E-state index contributed by atoms with van der Waals surface area (Å²) >= 11 is 0. The highest BCUT2D eigenvalue weighted by Gasteiger charge is 1.90. The molecular weight excluding hydrogens is 78.1 g/mol. The van der Waals surface area contributed by atoms with Crippen LogP contribution in [0.25, 0.3) is 0 Å². The first kappa shape index (κ1) is 3.33. The van der Waals surface area contributed by atoms with E-state index >= 15 is 0 Å². The summed E-state index contributed by atoms with van der Waals surface area (Å²) in [6.45, 7) is 1.80. The van der Waals surface area contributed by atoms with Crippen LogP contribution in [0.1, 0.15) is 6.92 Å². The van der Waals surface area contributed by atoms with E-state index in [1.54, 1.807) is 6.92 Å². The van der Waals surface area contributed by atoms with E-state index in [-0.39, 0.29) is 0 Å². The average Bonchev–Trinajstić information content (AvgIpc) is 1.86. The molecule has 6 heavy (non-hydrogen) atoms. The molecule has 31 valence electrons. The second-order valence-corrected chi connectivity index (χ2v) is 1.01. The van der Waals surface area contributed by atoms with Crippen LogP contribution < -0.4 is 5.32 Å². The minimum Gasteiger partial charge on any atom is -0.218 e. The van der Waals surface area contributed by atoms with Gasteiger partial charge in [0.2, 0.25) is 0 Å². The normalized spacial score (nSPS) is 17.2. The van der Waals surface area contributed by atoms with E-state index < -0.39 is 0 Å². The monoisotopic (exact) mass is 82.0 g/mol. The molecule has 0 N–H and O–H groups in total. The van der Waals surface area contributed by atoms with E-state index in [0.29, 0.717) is 0 Å². The van der Waals surface area contributed by atoms with Gasteiger partial charge in [-0.05, 0) is 6.92 Å². The van der Waals surface area contributed by atoms with Gasteiger partial charge in [0.05, 0.1) is 0 Å². The van der Waals surface area contributed by atoms with Crippen LogP contribution >= 0.6 is 0 Å². The van der Waals surface area contributed by atoms with Gasteiger partial charge in [0.25, 0.3) is 0 Å². The summed E-state index contributed by atoms with van der Waals surface area (Å²) in [4.78, 5) is 0. The van der Waals surface area contributed by atoms with Gasteiger partial charge in [-0.15, -0.1) is 10.2 Å². The Morgan fingerprint density at radius 2 is 2.50 bits per heavy atom. The van der Waals surface area contributed by atoms with Gasteiger partial charge in [0.1, 0.15) is 12.2 Å². The van der Waals surface area contributed by atoms with Gasteiger partial charge in [-0.25, -0.2) is 5.32 Å². The van der Waals surface area contributed by atoms with E-state index in [0.717, 1.165) is 5.84 Å². The maximum atomic E-state index is 3.69. The van der Waals surface area contributed by atoms with Crippen molar-refractivity contribution in [3.8, 4) is 0 Å². The molecule has 0 aromatic carbocycles. The van der Waals surface area contributed by atoms with Crippen molar-refractivity contribution in [2.24, 2.45) is 10.2 Å². The third-order valence-electron chi connectivity index (χ3n) is 0.499. The molecule has 1 aliphatic heterocycles. The Bertz CT molecular complexity index is 103. The summed E-state index contributed by atoms with van der Waals surface area (Å²) < 4.78 is 0. The van der Waals surface area contributed by atoms with E-state index in [1.165, 1.54) is 6.34 Å². The van der Waals surface area contributed by atoms with Gasteiger partial charge >= 0.3 is 0 Å². The first-order chi connectivity index (χ1) is 2.89. The van der Waals surface area contributed by atoms with Crippen LogP contribution in [0.2, 0.25) is 0 Å². The molecule has 0 saturated carbocycles. The lowest BCUT2D eigenvalue weighted by Crippen LogP contribution is -2.02. The standard InChI is InChI=1S/C3H4N3/c1-3-4-2-5-6-3/h2H,1H3. The van der Waals surface area contributed by atoms with Crippen LogP contribution in [0.5, 0.6) is 0 Å². The minimum atomic E-state index is 0.731. The summed E-state index contributed by atoms with van der Waals surface area (Å²) in [5.74, 6) is 0.731. The number of nitrogens with zero attached hydrogens (tertiary/aromatic N) is 3. The number of rotatable bonds is 0. The average molecular weight is 82.1 g/mol. The van der Waals surface area contributed by atoms with Gasteiger partial charge in [-0.3, -0.25) is 0 Å². The van der Waals surface area contributed by atoms with E-state index in [4.69, 9.17) is 0 Å². The van der Waals surface area contributed by atoms with E-state index in [9.17, 15) is 0 Å². The summed E-state index contributed by atoms with van der Waals surface area (Å²) in [7, 11) is 0. The zero-order valence-corrected chi connectivity index (χ0v) is 3.42. The molecule has 0 saturated heterocycles. The smallest absolute Gasteiger partial charge is 0.149 e. The Kier molecular flexibility index (Phi) is 0.602. The van der Waals surface area contributed by atoms with Crippen molar-refractivity contribution >= 4 is 12.2 Å². The SMILES string of the molecule is CC1=NN=C[N]1. The fourth-order valence-electron chi connectivity index (χ4n) is 0.245. The van der Waals surface area contributed by atoms with Gasteiger partial charge in [0.15, 0.2) is 0 Å². The molecule has 0 aromatic rings. The molecule has 3 heteroatoms. The van der Waals surface area contributed by atoms with Crippen molar-refractivity contribution in [1.29, 1.82) is 0 Å². The van der Waals surface area contributed by atoms with Crippen molar-refractivity contribution < 1.29 is 0 Å². The molecule has 0 aromatic heterocycles. The zero-order valence-electron chi connectivity index (χ0n) is 3.42. The fourth-order valence-corrected chi connectivity index (χ4v) is 0.245. The lowest BCUT2D eigenvalue weighted by atomic mass is 10.7. The second-order valence-electron chi connectivity index (χ2n) is 1.01. The fraction of sp³-hybridized carbons (Fsp3) is 0.333. The molecular formula is C3H4N3. The van der Waals surface area contributed by atoms with Gasteiger partial charge in [-0.2, -0.15) is 0 Å². The highest BCUT2D eigenvalue weighted by molar-refractivity contribution is 5.92. The number of amidine groups is 1. The maximum absolute atomic E-state index is 3.69. The van der Waals surface area contributed by atoms with Crippen LogP contribution in [0.15, 0.2) is 10.2 Å². The molecule has 3 nitrogen and oxygen atoms in total. The lowest BCUT2D eigenvalue weighted by molar-refractivity contribution is 1.27. The van der Waals surface area contributed by atoms with Crippen LogP contribution in [-0.2, 0) is 0 Å². The highest BCUT2D eigenvalue weighted by atomic mass is 15.3. The van der Waals surface area contributed by atoms with Crippen molar-refractivity contribution in [3.05, 3.63) is 0 Å². The topological polar surface area (TPSA) is 38.8 Å². The summed E-state index contributed by atoms with van der Waals surface area (Å²) in [5, 5.41) is 10.7. The number of hydrogen-bond donors (Lipinski definition) is 0. The molecule has 0 atom stereocenters. The largest absolute Gasteiger partial charge is 0.218 e. The summed E-state index contributed by atoms with van der Waals surface area (Å²) in [6, 6.07) is 0. The highest BCUT2D eigenvalue weighted by Crippen LogP contribution is 1.79. The molecule has 0 amide bonds. The maximum Gasteiger partial charge on any atom is 0.149 e. The predicted octanol–water partition coefficient (Wildman–Crippen LogP) is -0.0339. The van der Waals surface area contributed by atoms with Gasteiger partial charge in [0, 0.05) is 0 Å². The first-order valence-electron chi connectivity index (χ1n) is 1.66. The van der Waals surface area contributed by atoms with Gasteiger partial charge in [-0.1, -0.05) is 0 Å². The molecule has 0 unspecified atom stereocenters. The van der Waals surface area contributed by atoms with Crippen molar-refractivity contribution in [3.63, 3.8) is 0 Å². The third kappa shape index (κ3) is 0.381. The van der Waals surface area contributed by atoms with E-state index in [1.807, 2.05) is 0 Å². The van der Waals surface area contributed by atoms with Gasteiger partial charge < -0.3 is 0 Å². The summed E-state index contributed by atoms with van der Waals surface area (Å²) in [5.41, 5.74) is 0. The Morgan fingerprint density at radius 3 is 2.67 bits per heavy atom. The molecule has 1 heterocycles. The van der Waals surface area contributed by atoms with E-state index in [2.05, 4.69) is 15.5 Å². The molecule has 1 aliphatic rings. The summed E-state index contributed by atoms with van der Waals surface area (Å²) in [6.07, 6.45) is 1.43. The molecule has 1 rings (SSSR count). The molecule has 0 bridgehead atoms. The van der Waals surface area contributed by atoms with Crippen LogP contribution in [0.4, 0.5) is 0 Å². The Hall–Kier alpha value is -0.860. The Balaban J connectivity index is 2.61. The predicted molar refractivity (Wildman–Crippen MR) is 23.7 cm³/mol. The van der Waals surface area contributed by atoms with Crippen molar-refractivity contribution in [2.45, 2.75) is 6.92 Å². The minimum absolute atomic E-state index is 0.731. The molecule has 0 fully saturated rings. The number of hydrogen-bond acceptors (Lipinski definition) is 2. The van der Waals surface area contributed by atoms with Crippen molar-refractivity contribution in [1.82, 2.24) is 5.32 Å².